The quantitative estimate of drug-likeness (QED) is 0.420. The number of pyridine rings is 1. The maximum absolute atomic E-state index is 10.9. The molecule has 0 bridgehead atoms. The molecular weight excluding hydrogens is 380 g/mol. The van der Waals surface area contributed by atoms with Crippen molar-refractivity contribution < 1.29 is 0 Å². The first-order chi connectivity index (χ1) is 14.6. The van der Waals surface area contributed by atoms with E-state index in [0.717, 1.165) is 27.6 Å². The van der Waals surface area contributed by atoms with Crippen LogP contribution in [0.4, 0.5) is 0 Å². The van der Waals surface area contributed by atoms with Crippen molar-refractivity contribution in [1.29, 1.82) is 0 Å². The Kier molecular flexibility index (Phi) is 4.27. The lowest BCUT2D eigenvalue weighted by atomic mass is 10.0. The highest BCUT2D eigenvalue weighted by Crippen LogP contribution is 2.24. The van der Waals surface area contributed by atoms with Gasteiger partial charge in [0.15, 0.2) is 11.5 Å². The van der Waals surface area contributed by atoms with Crippen LogP contribution in [0.15, 0.2) is 60.2 Å². The number of hydrogen-bond donors (Lipinski definition) is 0. The standard InChI is InChI=1S/C21H18N8O/c1-13(27-30)18-5-6-20-24-25-21(29(20)26-18)8-14-3-4-19-15(7-14)9-16(10-22-19)17-11-23-28(2)12-17/h3-7,9-13H,8H2,1-2H3. The van der Waals surface area contributed by atoms with Gasteiger partial charge in [-0.25, -0.2) is 0 Å². The van der Waals surface area contributed by atoms with Crippen LogP contribution in [0.2, 0.25) is 0 Å². The molecule has 0 fully saturated rings. The van der Waals surface area contributed by atoms with Crippen molar-refractivity contribution in [2.24, 2.45) is 12.2 Å². The average molecular weight is 398 g/mol. The molecule has 9 heteroatoms. The molecule has 9 nitrogen and oxygen atoms in total. The summed E-state index contributed by atoms with van der Waals surface area (Å²) in [7, 11) is 1.89. The molecule has 30 heavy (non-hydrogen) atoms. The van der Waals surface area contributed by atoms with E-state index < -0.39 is 6.04 Å². The van der Waals surface area contributed by atoms with Crippen molar-refractivity contribution in [2.75, 3.05) is 0 Å². The van der Waals surface area contributed by atoms with E-state index in [9.17, 15) is 4.91 Å². The Balaban J connectivity index is 1.51. The van der Waals surface area contributed by atoms with Gasteiger partial charge in [-0.3, -0.25) is 9.67 Å². The van der Waals surface area contributed by atoms with Crippen LogP contribution in [0.1, 0.15) is 30.0 Å². The van der Waals surface area contributed by atoms with Gasteiger partial charge in [0.25, 0.3) is 0 Å². The largest absolute Gasteiger partial charge is 0.275 e. The SMILES string of the molecule is CC(N=O)c1ccc2nnc(Cc3ccc4ncc(-c5cnn(C)c5)cc4c3)n2n1. The van der Waals surface area contributed by atoms with Crippen molar-refractivity contribution in [2.45, 2.75) is 19.4 Å². The Bertz CT molecular complexity index is 1390. The van der Waals surface area contributed by atoms with E-state index in [1.165, 1.54) is 0 Å². The van der Waals surface area contributed by atoms with E-state index in [0.29, 0.717) is 23.6 Å². The number of rotatable bonds is 5. The van der Waals surface area contributed by atoms with Crippen LogP contribution in [0.5, 0.6) is 0 Å². The second kappa shape index (κ2) is 7.11. The zero-order valence-corrected chi connectivity index (χ0v) is 16.5. The molecule has 0 saturated carbocycles. The molecule has 1 aromatic carbocycles. The van der Waals surface area contributed by atoms with Crippen LogP contribution >= 0.6 is 0 Å². The third kappa shape index (κ3) is 3.20. The lowest BCUT2D eigenvalue weighted by Gasteiger charge is -2.06. The van der Waals surface area contributed by atoms with Crippen molar-refractivity contribution in [3.63, 3.8) is 0 Å². The van der Waals surface area contributed by atoms with Gasteiger partial charge in [0.2, 0.25) is 0 Å². The molecule has 0 amide bonds. The first kappa shape index (κ1) is 18.0. The van der Waals surface area contributed by atoms with Crippen LogP contribution in [0.25, 0.3) is 27.7 Å². The summed E-state index contributed by atoms with van der Waals surface area (Å²) in [6.45, 7) is 1.71. The van der Waals surface area contributed by atoms with Crippen molar-refractivity contribution in [3.05, 3.63) is 77.0 Å². The van der Waals surface area contributed by atoms with Crippen LogP contribution in [0.3, 0.4) is 0 Å². The number of aromatic nitrogens is 7. The molecule has 0 spiro atoms. The minimum Gasteiger partial charge on any atom is -0.275 e. The molecule has 4 aromatic heterocycles. The summed E-state index contributed by atoms with van der Waals surface area (Å²) in [6.07, 6.45) is 6.20. The van der Waals surface area contributed by atoms with Gasteiger partial charge in [-0.15, -0.1) is 10.2 Å². The van der Waals surface area contributed by atoms with E-state index in [1.807, 2.05) is 37.8 Å². The van der Waals surface area contributed by atoms with Crippen molar-refractivity contribution >= 4 is 16.6 Å². The lowest BCUT2D eigenvalue weighted by Crippen LogP contribution is -2.04. The predicted molar refractivity (Wildman–Crippen MR) is 112 cm³/mol. The highest BCUT2D eigenvalue weighted by Gasteiger charge is 2.13. The van der Waals surface area contributed by atoms with E-state index >= 15 is 0 Å². The Labute approximate surface area is 171 Å². The van der Waals surface area contributed by atoms with Gasteiger partial charge in [0.1, 0.15) is 6.04 Å². The average Bonchev–Trinajstić information content (AvgIpc) is 3.38. The van der Waals surface area contributed by atoms with Crippen LogP contribution in [-0.4, -0.2) is 34.6 Å². The van der Waals surface area contributed by atoms with Crippen molar-refractivity contribution in [1.82, 2.24) is 34.6 Å². The lowest BCUT2D eigenvalue weighted by molar-refractivity contribution is 0.717. The molecule has 0 saturated heterocycles. The molecule has 0 aliphatic rings. The fourth-order valence-electron chi connectivity index (χ4n) is 3.44. The van der Waals surface area contributed by atoms with E-state index in [2.05, 4.69) is 42.7 Å². The number of hydrogen-bond acceptors (Lipinski definition) is 7. The maximum atomic E-state index is 10.9. The van der Waals surface area contributed by atoms with Crippen LogP contribution < -0.4 is 0 Å². The van der Waals surface area contributed by atoms with Crippen LogP contribution in [-0.2, 0) is 13.5 Å². The zero-order chi connectivity index (χ0) is 20.7. The minimum atomic E-state index is -0.526. The van der Waals surface area contributed by atoms with Gasteiger partial charge < -0.3 is 0 Å². The maximum Gasteiger partial charge on any atom is 0.177 e. The molecule has 1 unspecified atom stereocenters. The number of aryl methyl sites for hydroxylation is 1. The number of nitroso groups, excluding NO2 is 1. The Morgan fingerprint density at radius 2 is 1.97 bits per heavy atom. The third-order valence-corrected chi connectivity index (χ3v) is 5.08. The second-order valence-electron chi connectivity index (χ2n) is 7.26. The fraction of sp³-hybridized carbons (Fsp3) is 0.190. The Morgan fingerprint density at radius 1 is 1.07 bits per heavy atom. The third-order valence-electron chi connectivity index (χ3n) is 5.08. The fourth-order valence-corrected chi connectivity index (χ4v) is 3.44. The molecule has 4 heterocycles. The number of fused-ring (bicyclic) bond motifs is 2. The first-order valence-electron chi connectivity index (χ1n) is 9.52. The normalized spacial score (nSPS) is 12.5. The van der Waals surface area contributed by atoms with Gasteiger partial charge in [-0.2, -0.15) is 19.6 Å². The topological polar surface area (TPSA) is 103 Å². The van der Waals surface area contributed by atoms with Crippen molar-refractivity contribution in [3.8, 4) is 11.1 Å². The smallest absolute Gasteiger partial charge is 0.177 e. The minimum absolute atomic E-state index is 0.526. The number of benzene rings is 1. The Hall–Kier alpha value is -4.01. The molecule has 5 rings (SSSR count). The second-order valence-corrected chi connectivity index (χ2v) is 7.26. The molecule has 1 atom stereocenters. The van der Waals surface area contributed by atoms with Gasteiger partial charge in [0.05, 0.1) is 17.4 Å². The van der Waals surface area contributed by atoms with Gasteiger partial charge in [0, 0.05) is 42.4 Å². The summed E-state index contributed by atoms with van der Waals surface area (Å²) in [4.78, 5) is 15.4. The van der Waals surface area contributed by atoms with Gasteiger partial charge >= 0.3 is 0 Å². The van der Waals surface area contributed by atoms with E-state index in [1.54, 1.807) is 28.3 Å². The van der Waals surface area contributed by atoms with E-state index in [-0.39, 0.29) is 0 Å². The molecular formula is C21H18N8O. The molecule has 0 N–H and O–H groups in total. The van der Waals surface area contributed by atoms with E-state index in [4.69, 9.17) is 0 Å². The first-order valence-corrected chi connectivity index (χ1v) is 9.52. The molecule has 0 aliphatic carbocycles. The Morgan fingerprint density at radius 3 is 2.77 bits per heavy atom. The van der Waals surface area contributed by atoms with Crippen LogP contribution in [0, 0.1) is 4.91 Å². The summed E-state index contributed by atoms with van der Waals surface area (Å²) in [6, 6.07) is 11.3. The molecule has 148 valence electrons. The number of nitrogens with zero attached hydrogens (tertiary/aromatic N) is 8. The highest BCUT2D eigenvalue weighted by molar-refractivity contribution is 5.84. The molecule has 0 aliphatic heterocycles. The highest BCUT2D eigenvalue weighted by atomic mass is 16.3. The van der Waals surface area contributed by atoms with Gasteiger partial charge in [-0.1, -0.05) is 11.2 Å². The summed E-state index contributed by atoms with van der Waals surface area (Å²) in [5, 5.41) is 21.3. The predicted octanol–water partition coefficient (Wildman–Crippen LogP) is 3.49. The molecule has 0 radical (unpaired) electrons. The molecule has 5 aromatic rings. The summed E-state index contributed by atoms with van der Waals surface area (Å²) < 4.78 is 3.44. The summed E-state index contributed by atoms with van der Waals surface area (Å²) in [5.74, 6) is 0.695. The zero-order valence-electron chi connectivity index (χ0n) is 16.5. The summed E-state index contributed by atoms with van der Waals surface area (Å²) in [5.41, 5.74) is 5.24. The summed E-state index contributed by atoms with van der Waals surface area (Å²) >= 11 is 0. The monoisotopic (exact) mass is 398 g/mol. The van der Waals surface area contributed by atoms with Gasteiger partial charge in [-0.05, 0) is 42.8 Å².